The fourth-order valence-corrected chi connectivity index (χ4v) is 0.576. The van der Waals surface area contributed by atoms with E-state index in [0.717, 1.165) is 6.33 Å². The van der Waals surface area contributed by atoms with Crippen molar-refractivity contribution in [1.29, 1.82) is 0 Å². The first-order valence-corrected chi connectivity index (χ1v) is 2.65. The third kappa shape index (κ3) is 2.10. The largest absolute Gasteiger partial charge is 0.406 e. The van der Waals surface area contributed by atoms with E-state index in [-0.39, 0.29) is 0 Å². The topological polar surface area (TPSA) is 50.7 Å². The zero-order valence-electron chi connectivity index (χ0n) is 5.22. The molecule has 0 unspecified atom stereocenters. The highest BCUT2D eigenvalue weighted by atomic mass is 19.4. The molecule has 1 aromatic rings. The molecule has 11 heavy (non-hydrogen) atoms. The molecule has 0 bridgehead atoms. The standard InChI is InChI=1S/C4H4F3N3O/c5-4(6,7)1-10-2-8-9-3(10)11/h2H,1H2,(H,9,11). The monoisotopic (exact) mass is 167 g/mol. The Bertz CT molecular complexity index is 285. The van der Waals surface area contributed by atoms with Gasteiger partial charge in [-0.15, -0.1) is 0 Å². The van der Waals surface area contributed by atoms with Gasteiger partial charge in [-0.25, -0.2) is 9.89 Å². The second-order valence-corrected chi connectivity index (χ2v) is 1.90. The van der Waals surface area contributed by atoms with Crippen molar-refractivity contribution in [3.63, 3.8) is 0 Å². The van der Waals surface area contributed by atoms with Gasteiger partial charge in [0.05, 0.1) is 0 Å². The summed E-state index contributed by atoms with van der Waals surface area (Å²) in [5.41, 5.74) is -0.859. The highest BCUT2D eigenvalue weighted by Gasteiger charge is 2.28. The first kappa shape index (κ1) is 7.83. The van der Waals surface area contributed by atoms with Crippen molar-refractivity contribution in [2.45, 2.75) is 12.7 Å². The van der Waals surface area contributed by atoms with Gasteiger partial charge in [0.15, 0.2) is 0 Å². The van der Waals surface area contributed by atoms with E-state index in [0.29, 0.717) is 4.57 Å². The zero-order chi connectivity index (χ0) is 8.48. The molecule has 7 heteroatoms. The summed E-state index contributed by atoms with van der Waals surface area (Å²) in [7, 11) is 0. The first-order valence-electron chi connectivity index (χ1n) is 2.65. The van der Waals surface area contributed by atoms with Crippen LogP contribution in [0.1, 0.15) is 0 Å². The maximum Gasteiger partial charge on any atom is 0.406 e. The van der Waals surface area contributed by atoms with Crippen molar-refractivity contribution in [3.05, 3.63) is 16.8 Å². The van der Waals surface area contributed by atoms with Crippen LogP contribution in [-0.2, 0) is 6.54 Å². The van der Waals surface area contributed by atoms with Crippen LogP contribution in [0.15, 0.2) is 11.1 Å². The van der Waals surface area contributed by atoms with Crippen LogP contribution in [0.2, 0.25) is 0 Å². The molecule has 0 saturated heterocycles. The Morgan fingerprint density at radius 2 is 2.27 bits per heavy atom. The number of nitrogens with zero attached hydrogens (tertiary/aromatic N) is 2. The van der Waals surface area contributed by atoms with Crippen molar-refractivity contribution in [2.24, 2.45) is 0 Å². The summed E-state index contributed by atoms with van der Waals surface area (Å²) >= 11 is 0. The highest BCUT2D eigenvalue weighted by molar-refractivity contribution is 4.65. The van der Waals surface area contributed by atoms with Gasteiger partial charge < -0.3 is 0 Å². The number of hydrogen-bond acceptors (Lipinski definition) is 2. The van der Waals surface area contributed by atoms with E-state index in [1.54, 1.807) is 0 Å². The third-order valence-electron chi connectivity index (χ3n) is 0.968. The summed E-state index contributed by atoms with van der Waals surface area (Å²) in [6.45, 7) is -1.30. The van der Waals surface area contributed by atoms with Gasteiger partial charge >= 0.3 is 11.9 Å². The summed E-state index contributed by atoms with van der Waals surface area (Å²) in [5, 5.41) is 4.98. The molecule has 62 valence electrons. The van der Waals surface area contributed by atoms with Crippen molar-refractivity contribution >= 4 is 0 Å². The number of H-pyrrole nitrogens is 1. The van der Waals surface area contributed by atoms with Crippen molar-refractivity contribution in [3.8, 4) is 0 Å². The number of aromatic nitrogens is 3. The molecule has 0 saturated carbocycles. The number of hydrogen-bond donors (Lipinski definition) is 1. The summed E-state index contributed by atoms with van der Waals surface area (Å²) < 4.78 is 35.2. The predicted molar refractivity (Wildman–Crippen MR) is 28.9 cm³/mol. The van der Waals surface area contributed by atoms with Crippen molar-refractivity contribution in [2.75, 3.05) is 0 Å². The minimum atomic E-state index is -4.38. The lowest BCUT2D eigenvalue weighted by Crippen LogP contribution is -2.25. The number of nitrogens with one attached hydrogen (secondary N) is 1. The molecule has 0 aliphatic carbocycles. The molecule has 4 nitrogen and oxygen atoms in total. The fourth-order valence-electron chi connectivity index (χ4n) is 0.576. The number of halogens is 3. The van der Waals surface area contributed by atoms with Gasteiger partial charge in [0, 0.05) is 0 Å². The maximum absolute atomic E-state index is 11.6. The number of rotatable bonds is 1. The summed E-state index contributed by atoms with van der Waals surface area (Å²) in [4.78, 5) is 10.4. The molecule has 0 amide bonds. The Labute approximate surface area is 58.6 Å². The second kappa shape index (κ2) is 2.40. The van der Waals surface area contributed by atoms with Crippen LogP contribution >= 0.6 is 0 Å². The molecule has 1 rings (SSSR count). The number of alkyl halides is 3. The Hall–Kier alpha value is -1.27. The van der Waals surface area contributed by atoms with Gasteiger partial charge in [-0.3, -0.25) is 4.57 Å². The summed E-state index contributed by atoms with van der Waals surface area (Å²) in [5.74, 6) is 0. The Morgan fingerprint density at radius 1 is 1.64 bits per heavy atom. The molecule has 0 radical (unpaired) electrons. The molecule has 0 aliphatic heterocycles. The van der Waals surface area contributed by atoms with Gasteiger partial charge in [-0.1, -0.05) is 0 Å². The maximum atomic E-state index is 11.6. The Balaban J connectivity index is 2.80. The van der Waals surface area contributed by atoms with Crippen LogP contribution in [-0.4, -0.2) is 20.9 Å². The van der Waals surface area contributed by atoms with E-state index in [1.807, 2.05) is 5.10 Å². The highest BCUT2D eigenvalue weighted by Crippen LogP contribution is 2.15. The lowest BCUT2D eigenvalue weighted by atomic mass is 10.6. The van der Waals surface area contributed by atoms with Gasteiger partial charge in [0.1, 0.15) is 12.9 Å². The molecule has 0 aliphatic rings. The Kier molecular flexibility index (Phi) is 1.71. The first-order chi connectivity index (χ1) is 4.99. The fraction of sp³-hybridized carbons (Fsp3) is 0.500. The molecule has 0 atom stereocenters. The van der Waals surface area contributed by atoms with Crippen LogP contribution in [0.3, 0.4) is 0 Å². The van der Waals surface area contributed by atoms with Crippen LogP contribution < -0.4 is 5.69 Å². The van der Waals surface area contributed by atoms with E-state index in [4.69, 9.17) is 0 Å². The van der Waals surface area contributed by atoms with E-state index in [1.165, 1.54) is 0 Å². The Morgan fingerprint density at radius 3 is 2.64 bits per heavy atom. The van der Waals surface area contributed by atoms with Crippen molar-refractivity contribution < 1.29 is 13.2 Å². The van der Waals surface area contributed by atoms with Gasteiger partial charge in [0.2, 0.25) is 0 Å². The normalized spacial score (nSPS) is 11.9. The average Bonchev–Trinajstić information content (AvgIpc) is 2.12. The van der Waals surface area contributed by atoms with Gasteiger partial charge in [-0.2, -0.15) is 18.3 Å². The van der Waals surface area contributed by atoms with E-state index >= 15 is 0 Å². The molecular formula is C4H4F3N3O. The second-order valence-electron chi connectivity index (χ2n) is 1.90. The van der Waals surface area contributed by atoms with Crippen LogP contribution in [0.25, 0.3) is 0 Å². The predicted octanol–water partition coefficient (Wildman–Crippen LogP) is 0.134. The molecular weight excluding hydrogens is 163 g/mol. The lowest BCUT2D eigenvalue weighted by Gasteiger charge is -2.03. The van der Waals surface area contributed by atoms with Gasteiger partial charge in [-0.05, 0) is 0 Å². The smallest absolute Gasteiger partial charge is 0.273 e. The van der Waals surface area contributed by atoms with Gasteiger partial charge in [0.25, 0.3) is 0 Å². The third-order valence-corrected chi connectivity index (χ3v) is 0.968. The van der Waals surface area contributed by atoms with E-state index < -0.39 is 18.4 Å². The average molecular weight is 167 g/mol. The molecule has 1 aromatic heterocycles. The van der Waals surface area contributed by atoms with Crippen LogP contribution in [0.4, 0.5) is 13.2 Å². The quantitative estimate of drug-likeness (QED) is 0.646. The van der Waals surface area contributed by atoms with Crippen LogP contribution in [0, 0.1) is 0 Å². The zero-order valence-corrected chi connectivity index (χ0v) is 5.22. The summed E-state index contributed by atoms with van der Waals surface area (Å²) in [6, 6.07) is 0. The molecule has 1 N–H and O–H groups in total. The summed E-state index contributed by atoms with van der Waals surface area (Å²) in [6.07, 6.45) is -3.58. The number of aromatic amines is 1. The minimum absolute atomic E-state index is 0.444. The SMILES string of the molecule is O=c1[nH]ncn1CC(F)(F)F. The minimum Gasteiger partial charge on any atom is -0.273 e. The lowest BCUT2D eigenvalue weighted by molar-refractivity contribution is -0.141. The molecule has 0 fully saturated rings. The van der Waals surface area contributed by atoms with Crippen molar-refractivity contribution in [1.82, 2.24) is 14.8 Å². The van der Waals surface area contributed by atoms with Crippen LogP contribution in [0.5, 0.6) is 0 Å². The van der Waals surface area contributed by atoms with E-state index in [9.17, 15) is 18.0 Å². The molecule has 0 spiro atoms. The molecule has 1 heterocycles. The molecule has 0 aromatic carbocycles. The van der Waals surface area contributed by atoms with E-state index in [2.05, 4.69) is 5.10 Å².